The van der Waals surface area contributed by atoms with E-state index in [2.05, 4.69) is 20.5 Å². The number of aryl methyl sites for hydroxylation is 1. The average molecular weight is 519 g/mol. The fourth-order valence-electron chi connectivity index (χ4n) is 3.57. The first-order chi connectivity index (χ1) is 18.5. The molecule has 1 heterocycles. The number of hydrogen-bond donors (Lipinski definition) is 2. The molecule has 196 valence electrons. The Bertz CT molecular complexity index is 1430. The molecule has 0 spiro atoms. The molecule has 0 unspecified atom stereocenters. The fraction of sp³-hybridized carbons (Fsp3) is 0.214. The van der Waals surface area contributed by atoms with Gasteiger partial charge in [0.05, 0.1) is 13.7 Å². The number of rotatable bonds is 12. The number of H-pyrrole nitrogens is 1. The Balaban J connectivity index is 1.30. The number of nitrogens with zero attached hydrogens (tertiary/aromatic N) is 2. The highest BCUT2D eigenvalue weighted by atomic mass is 19.1. The van der Waals surface area contributed by atoms with Gasteiger partial charge in [-0.3, -0.25) is 9.59 Å². The molecule has 0 saturated heterocycles. The molecule has 0 aliphatic heterocycles. The topological polar surface area (TPSA) is 115 Å². The number of halogens is 1. The summed E-state index contributed by atoms with van der Waals surface area (Å²) in [5.41, 5.74) is 0.968. The summed E-state index contributed by atoms with van der Waals surface area (Å²) in [5, 5.41) is 10.9. The zero-order valence-electron chi connectivity index (χ0n) is 20.8. The summed E-state index contributed by atoms with van der Waals surface area (Å²) in [4.78, 5) is 27.4. The van der Waals surface area contributed by atoms with Gasteiger partial charge in [0, 0.05) is 18.4 Å². The van der Waals surface area contributed by atoms with E-state index >= 15 is 0 Å². The largest absolute Gasteiger partial charge is 0.493 e. The summed E-state index contributed by atoms with van der Waals surface area (Å²) in [5.74, 6) is 1.29. The average Bonchev–Trinajstić information content (AvgIpc) is 2.94. The number of methoxy groups -OCH3 is 1. The van der Waals surface area contributed by atoms with Crippen molar-refractivity contribution >= 4 is 5.91 Å². The predicted molar refractivity (Wildman–Crippen MR) is 139 cm³/mol. The Morgan fingerprint density at radius 1 is 0.974 bits per heavy atom. The second kappa shape index (κ2) is 13.0. The van der Waals surface area contributed by atoms with Gasteiger partial charge in [0.15, 0.2) is 17.3 Å². The Morgan fingerprint density at radius 2 is 1.82 bits per heavy atom. The molecule has 9 nitrogen and oxygen atoms in total. The van der Waals surface area contributed by atoms with Crippen LogP contribution in [-0.2, 0) is 17.8 Å². The normalized spacial score (nSPS) is 10.6. The van der Waals surface area contributed by atoms with Crippen molar-refractivity contribution in [1.29, 1.82) is 0 Å². The lowest BCUT2D eigenvalue weighted by molar-refractivity contribution is -0.121. The van der Waals surface area contributed by atoms with Crippen molar-refractivity contribution in [2.24, 2.45) is 0 Å². The van der Waals surface area contributed by atoms with E-state index in [1.54, 1.807) is 30.3 Å². The molecule has 4 rings (SSSR count). The van der Waals surface area contributed by atoms with Crippen LogP contribution in [0.25, 0.3) is 11.4 Å². The van der Waals surface area contributed by atoms with Crippen LogP contribution in [0.4, 0.5) is 4.39 Å². The maximum atomic E-state index is 13.4. The zero-order chi connectivity index (χ0) is 26.7. The van der Waals surface area contributed by atoms with Crippen LogP contribution in [0.15, 0.2) is 77.6 Å². The third kappa shape index (κ3) is 7.39. The SMILES string of the molecule is COc1cc(-c2nnc(CCC(=O)NCCOc3ccccc3)c(=O)[nH]2)ccc1OCc1cccc(F)c1. The first kappa shape index (κ1) is 26.3. The molecule has 0 fully saturated rings. The lowest BCUT2D eigenvalue weighted by Crippen LogP contribution is -2.29. The van der Waals surface area contributed by atoms with Crippen LogP contribution >= 0.6 is 0 Å². The Hall–Kier alpha value is -4.73. The van der Waals surface area contributed by atoms with Gasteiger partial charge in [-0.15, -0.1) is 10.2 Å². The van der Waals surface area contributed by atoms with Gasteiger partial charge in [0.25, 0.3) is 5.56 Å². The summed E-state index contributed by atoms with van der Waals surface area (Å²) in [6, 6.07) is 20.5. The quantitative estimate of drug-likeness (QED) is 0.275. The Labute approximate surface area is 218 Å². The summed E-state index contributed by atoms with van der Waals surface area (Å²) in [6.45, 7) is 0.841. The number of benzene rings is 3. The van der Waals surface area contributed by atoms with Crippen molar-refractivity contribution in [2.45, 2.75) is 19.4 Å². The van der Waals surface area contributed by atoms with Crippen LogP contribution in [-0.4, -0.2) is 41.3 Å². The number of carbonyl (C=O) groups excluding carboxylic acids is 1. The van der Waals surface area contributed by atoms with Gasteiger partial charge in [-0.05, 0) is 48.0 Å². The summed E-state index contributed by atoms with van der Waals surface area (Å²) >= 11 is 0. The van der Waals surface area contributed by atoms with Crippen molar-refractivity contribution in [1.82, 2.24) is 20.5 Å². The molecule has 0 saturated carbocycles. The van der Waals surface area contributed by atoms with Crippen LogP contribution in [0.5, 0.6) is 17.2 Å². The number of carbonyl (C=O) groups is 1. The maximum Gasteiger partial charge on any atom is 0.273 e. The van der Waals surface area contributed by atoms with Gasteiger partial charge in [-0.25, -0.2) is 4.39 Å². The summed E-state index contributed by atoms with van der Waals surface area (Å²) < 4.78 is 30.1. The monoisotopic (exact) mass is 518 g/mol. The molecule has 0 radical (unpaired) electrons. The number of aromatic amines is 1. The van der Waals surface area contributed by atoms with E-state index in [-0.39, 0.29) is 42.7 Å². The van der Waals surface area contributed by atoms with Gasteiger partial charge in [0.1, 0.15) is 30.5 Å². The smallest absolute Gasteiger partial charge is 0.273 e. The number of aromatic nitrogens is 3. The number of hydrogen-bond acceptors (Lipinski definition) is 7. The summed E-state index contributed by atoms with van der Waals surface area (Å²) in [6.07, 6.45) is 0.234. The minimum absolute atomic E-state index is 0.0909. The van der Waals surface area contributed by atoms with Gasteiger partial charge in [0.2, 0.25) is 5.91 Å². The first-order valence-corrected chi connectivity index (χ1v) is 12.0. The molecular weight excluding hydrogens is 491 g/mol. The van der Waals surface area contributed by atoms with Crippen molar-refractivity contribution in [3.8, 4) is 28.6 Å². The molecule has 38 heavy (non-hydrogen) atoms. The number of nitrogens with one attached hydrogen (secondary N) is 2. The molecule has 1 amide bonds. The molecule has 4 aromatic rings. The Morgan fingerprint density at radius 3 is 2.58 bits per heavy atom. The van der Waals surface area contributed by atoms with Crippen LogP contribution in [0.3, 0.4) is 0 Å². The van der Waals surface area contributed by atoms with Crippen molar-refractivity contribution < 1.29 is 23.4 Å². The number of para-hydroxylation sites is 1. The molecule has 1 aromatic heterocycles. The van der Waals surface area contributed by atoms with Crippen LogP contribution < -0.4 is 25.1 Å². The van der Waals surface area contributed by atoms with Crippen LogP contribution in [0, 0.1) is 5.82 Å². The second-order valence-corrected chi connectivity index (χ2v) is 8.25. The lowest BCUT2D eigenvalue weighted by atomic mass is 10.2. The zero-order valence-corrected chi connectivity index (χ0v) is 20.8. The third-order valence-electron chi connectivity index (χ3n) is 5.51. The minimum Gasteiger partial charge on any atom is -0.493 e. The van der Waals surface area contributed by atoms with E-state index < -0.39 is 5.56 Å². The van der Waals surface area contributed by atoms with Crippen molar-refractivity contribution in [3.63, 3.8) is 0 Å². The second-order valence-electron chi connectivity index (χ2n) is 8.25. The number of amides is 1. The highest BCUT2D eigenvalue weighted by Crippen LogP contribution is 2.31. The number of ether oxygens (including phenoxy) is 3. The lowest BCUT2D eigenvalue weighted by Gasteiger charge is -2.12. The van der Waals surface area contributed by atoms with Crippen molar-refractivity contribution in [2.75, 3.05) is 20.3 Å². The minimum atomic E-state index is -0.430. The van der Waals surface area contributed by atoms with Crippen LogP contribution in [0.2, 0.25) is 0 Å². The van der Waals surface area contributed by atoms with E-state index in [4.69, 9.17) is 14.2 Å². The van der Waals surface area contributed by atoms with E-state index in [1.807, 2.05) is 30.3 Å². The van der Waals surface area contributed by atoms with Gasteiger partial charge >= 0.3 is 0 Å². The van der Waals surface area contributed by atoms with Gasteiger partial charge in [-0.2, -0.15) is 0 Å². The van der Waals surface area contributed by atoms with E-state index in [0.717, 1.165) is 5.75 Å². The first-order valence-electron chi connectivity index (χ1n) is 12.0. The molecule has 0 aliphatic rings. The van der Waals surface area contributed by atoms with Crippen molar-refractivity contribution in [3.05, 3.63) is 100 Å². The Kier molecular flexibility index (Phi) is 9.01. The van der Waals surface area contributed by atoms with Crippen LogP contribution in [0.1, 0.15) is 17.7 Å². The fourth-order valence-corrected chi connectivity index (χ4v) is 3.57. The maximum absolute atomic E-state index is 13.4. The predicted octanol–water partition coefficient (Wildman–Crippen LogP) is 3.69. The molecule has 3 aromatic carbocycles. The molecule has 10 heteroatoms. The molecule has 0 aliphatic carbocycles. The standard InChI is InChI=1S/C28H27FN4O5/c1-36-25-17-20(10-12-24(25)38-18-19-6-5-7-21(29)16-19)27-31-28(35)23(32-33-27)11-13-26(34)30-14-15-37-22-8-3-2-4-9-22/h2-10,12,16-17H,11,13-15,18H2,1H3,(H,30,34)(H,31,33,35). The van der Waals surface area contributed by atoms with E-state index in [0.29, 0.717) is 35.8 Å². The van der Waals surface area contributed by atoms with Gasteiger partial charge in [-0.1, -0.05) is 30.3 Å². The highest BCUT2D eigenvalue weighted by molar-refractivity contribution is 5.76. The molecule has 0 atom stereocenters. The third-order valence-corrected chi connectivity index (χ3v) is 5.51. The van der Waals surface area contributed by atoms with Gasteiger partial charge < -0.3 is 24.5 Å². The van der Waals surface area contributed by atoms with E-state index in [1.165, 1.54) is 19.2 Å². The molecule has 2 N–H and O–H groups in total. The molecular formula is C28H27FN4O5. The summed E-state index contributed by atoms with van der Waals surface area (Å²) in [7, 11) is 1.49. The highest BCUT2D eigenvalue weighted by Gasteiger charge is 2.12. The molecule has 0 bridgehead atoms. The van der Waals surface area contributed by atoms with E-state index in [9.17, 15) is 14.0 Å².